The second kappa shape index (κ2) is 5.06. The summed E-state index contributed by atoms with van der Waals surface area (Å²) < 4.78 is 0. The molecule has 2 heterocycles. The van der Waals surface area contributed by atoms with Crippen LogP contribution in [0.2, 0.25) is 0 Å². The Morgan fingerprint density at radius 3 is 2.79 bits per heavy atom. The van der Waals surface area contributed by atoms with Crippen molar-refractivity contribution in [2.24, 2.45) is 5.84 Å². The number of rotatable bonds is 3. The quantitative estimate of drug-likeness (QED) is 0.432. The first-order chi connectivity index (χ1) is 9.01. The third-order valence-corrected chi connectivity index (χ3v) is 2.94. The van der Waals surface area contributed by atoms with Crippen molar-refractivity contribution < 1.29 is 9.72 Å². The van der Waals surface area contributed by atoms with E-state index in [1.165, 1.54) is 12.1 Å². The minimum atomic E-state index is -0.524. The summed E-state index contributed by atoms with van der Waals surface area (Å²) in [6, 6.07) is 2.57. The van der Waals surface area contributed by atoms with Crippen LogP contribution in [0.5, 0.6) is 0 Å². The SMILES string of the molecule is CN1CCN(c2cc([N+](=O)[O-])cc(NN)n2)CC1=O. The number of piperazine rings is 1. The summed E-state index contributed by atoms with van der Waals surface area (Å²) in [5.41, 5.74) is 2.16. The van der Waals surface area contributed by atoms with Crippen LogP contribution < -0.4 is 16.2 Å². The number of hydrazine groups is 1. The van der Waals surface area contributed by atoms with Gasteiger partial charge in [0, 0.05) is 20.1 Å². The van der Waals surface area contributed by atoms with E-state index in [1.807, 2.05) is 0 Å². The Hall–Kier alpha value is -2.42. The molecule has 0 unspecified atom stereocenters. The van der Waals surface area contributed by atoms with Gasteiger partial charge in [0.1, 0.15) is 11.6 Å². The normalized spacial score (nSPS) is 15.6. The molecule has 9 nitrogen and oxygen atoms in total. The molecule has 9 heteroatoms. The van der Waals surface area contributed by atoms with Gasteiger partial charge in [-0.1, -0.05) is 0 Å². The number of nitrogens with two attached hydrogens (primary N) is 1. The van der Waals surface area contributed by atoms with E-state index in [0.29, 0.717) is 18.9 Å². The summed E-state index contributed by atoms with van der Waals surface area (Å²) in [4.78, 5) is 29.4. The number of carbonyl (C=O) groups excluding carboxylic acids is 1. The van der Waals surface area contributed by atoms with Crippen LogP contribution in [0.1, 0.15) is 0 Å². The number of nitrogen functional groups attached to an aromatic ring is 1. The number of nitrogens with zero attached hydrogens (tertiary/aromatic N) is 4. The number of nitro groups is 1. The van der Waals surface area contributed by atoms with Crippen LogP contribution in [-0.2, 0) is 4.79 Å². The van der Waals surface area contributed by atoms with Crippen LogP contribution in [0, 0.1) is 10.1 Å². The number of amides is 1. The highest BCUT2D eigenvalue weighted by atomic mass is 16.6. The number of carbonyl (C=O) groups is 1. The highest BCUT2D eigenvalue weighted by molar-refractivity contribution is 5.82. The molecule has 1 aliphatic heterocycles. The van der Waals surface area contributed by atoms with Crippen molar-refractivity contribution in [2.45, 2.75) is 0 Å². The monoisotopic (exact) mass is 266 g/mol. The van der Waals surface area contributed by atoms with E-state index < -0.39 is 4.92 Å². The molecule has 19 heavy (non-hydrogen) atoms. The van der Waals surface area contributed by atoms with Crippen molar-refractivity contribution in [2.75, 3.05) is 37.0 Å². The molecule has 1 aliphatic rings. The molecular formula is C10H14N6O3. The molecule has 0 bridgehead atoms. The third kappa shape index (κ3) is 2.71. The zero-order valence-corrected chi connectivity index (χ0v) is 10.4. The molecule has 2 rings (SSSR count). The molecule has 1 amide bonds. The minimum Gasteiger partial charge on any atom is -0.345 e. The lowest BCUT2D eigenvalue weighted by atomic mass is 10.3. The van der Waals surface area contributed by atoms with E-state index >= 15 is 0 Å². The van der Waals surface area contributed by atoms with E-state index in [0.717, 1.165) is 0 Å². The van der Waals surface area contributed by atoms with Gasteiger partial charge in [-0.25, -0.2) is 10.8 Å². The molecule has 1 fully saturated rings. The lowest BCUT2D eigenvalue weighted by Crippen LogP contribution is -2.48. The van der Waals surface area contributed by atoms with Crippen molar-refractivity contribution in [1.29, 1.82) is 0 Å². The van der Waals surface area contributed by atoms with Crippen molar-refractivity contribution in [3.8, 4) is 0 Å². The summed E-state index contributed by atoms with van der Waals surface area (Å²) in [6.07, 6.45) is 0. The Morgan fingerprint density at radius 1 is 1.47 bits per heavy atom. The second-order valence-corrected chi connectivity index (χ2v) is 4.21. The second-order valence-electron chi connectivity index (χ2n) is 4.21. The zero-order valence-electron chi connectivity index (χ0n) is 10.4. The Balaban J connectivity index is 2.31. The first-order valence-electron chi connectivity index (χ1n) is 5.63. The van der Waals surface area contributed by atoms with Crippen LogP contribution in [0.3, 0.4) is 0 Å². The van der Waals surface area contributed by atoms with E-state index in [9.17, 15) is 14.9 Å². The van der Waals surface area contributed by atoms with Gasteiger partial charge in [-0.2, -0.15) is 0 Å². The van der Waals surface area contributed by atoms with Gasteiger partial charge in [0.2, 0.25) is 5.91 Å². The molecule has 0 atom stereocenters. The first-order valence-corrected chi connectivity index (χ1v) is 5.63. The van der Waals surface area contributed by atoms with Gasteiger partial charge in [-0.3, -0.25) is 14.9 Å². The Bertz CT molecular complexity index is 520. The van der Waals surface area contributed by atoms with Crippen LogP contribution in [0.4, 0.5) is 17.3 Å². The number of likely N-dealkylation sites (N-methyl/N-ethyl adjacent to an activating group) is 1. The van der Waals surface area contributed by atoms with Crippen LogP contribution >= 0.6 is 0 Å². The van der Waals surface area contributed by atoms with Gasteiger partial charge < -0.3 is 15.2 Å². The molecule has 102 valence electrons. The molecule has 3 N–H and O–H groups in total. The lowest BCUT2D eigenvalue weighted by Gasteiger charge is -2.32. The topological polar surface area (TPSA) is 118 Å². The lowest BCUT2D eigenvalue weighted by molar-refractivity contribution is -0.384. The average Bonchev–Trinajstić information content (AvgIpc) is 2.41. The van der Waals surface area contributed by atoms with Gasteiger partial charge in [0.15, 0.2) is 0 Å². The smallest absolute Gasteiger partial charge is 0.276 e. The van der Waals surface area contributed by atoms with Gasteiger partial charge in [-0.15, -0.1) is 0 Å². The van der Waals surface area contributed by atoms with Crippen molar-refractivity contribution in [1.82, 2.24) is 9.88 Å². The number of hydrogen-bond acceptors (Lipinski definition) is 7. The fourth-order valence-electron chi connectivity index (χ4n) is 1.80. The van der Waals surface area contributed by atoms with Gasteiger partial charge in [0.05, 0.1) is 23.6 Å². The fourth-order valence-corrected chi connectivity index (χ4v) is 1.80. The van der Waals surface area contributed by atoms with Crippen LogP contribution in [0.25, 0.3) is 0 Å². The Morgan fingerprint density at radius 2 is 2.21 bits per heavy atom. The van der Waals surface area contributed by atoms with Crippen LogP contribution in [-0.4, -0.2) is 47.4 Å². The third-order valence-electron chi connectivity index (χ3n) is 2.94. The van der Waals surface area contributed by atoms with Gasteiger partial charge >= 0.3 is 0 Å². The molecule has 0 aromatic carbocycles. The molecule has 0 saturated carbocycles. The van der Waals surface area contributed by atoms with Gasteiger partial charge in [-0.05, 0) is 0 Å². The molecule has 1 aromatic heterocycles. The van der Waals surface area contributed by atoms with Crippen molar-refractivity contribution in [3.63, 3.8) is 0 Å². The average molecular weight is 266 g/mol. The van der Waals surface area contributed by atoms with E-state index in [2.05, 4.69) is 10.4 Å². The molecule has 0 radical (unpaired) electrons. The molecule has 0 spiro atoms. The predicted octanol–water partition coefficient (Wildman–Crippen LogP) is -0.446. The van der Waals surface area contributed by atoms with Crippen molar-refractivity contribution in [3.05, 3.63) is 22.2 Å². The fraction of sp³-hybridized carbons (Fsp3) is 0.400. The largest absolute Gasteiger partial charge is 0.345 e. The molecule has 0 aliphatic carbocycles. The van der Waals surface area contributed by atoms with E-state index in [-0.39, 0.29) is 24.0 Å². The van der Waals surface area contributed by atoms with Crippen LogP contribution in [0.15, 0.2) is 12.1 Å². The number of pyridine rings is 1. The van der Waals surface area contributed by atoms with E-state index in [4.69, 9.17) is 5.84 Å². The summed E-state index contributed by atoms with van der Waals surface area (Å²) >= 11 is 0. The standard InChI is InChI=1S/C10H14N6O3/c1-14-2-3-15(6-10(14)17)9-5-7(16(18)19)4-8(12-9)13-11/h4-5H,2-3,6,11H2,1H3,(H,12,13). The summed E-state index contributed by atoms with van der Waals surface area (Å²) in [7, 11) is 1.72. The Labute approximate surface area is 109 Å². The summed E-state index contributed by atoms with van der Waals surface area (Å²) in [5.74, 6) is 5.74. The molecule has 1 aromatic rings. The summed E-state index contributed by atoms with van der Waals surface area (Å²) in [5, 5.41) is 10.8. The zero-order chi connectivity index (χ0) is 14.0. The number of nitrogens with one attached hydrogen (secondary N) is 1. The number of aromatic nitrogens is 1. The Kier molecular flexibility index (Phi) is 3.47. The summed E-state index contributed by atoms with van der Waals surface area (Å²) in [6.45, 7) is 1.27. The maximum Gasteiger partial charge on any atom is 0.276 e. The minimum absolute atomic E-state index is 0.0539. The maximum absolute atomic E-state index is 11.6. The maximum atomic E-state index is 11.6. The number of anilines is 2. The molecule has 1 saturated heterocycles. The van der Waals surface area contributed by atoms with Crippen molar-refractivity contribution >= 4 is 23.2 Å². The van der Waals surface area contributed by atoms with Gasteiger partial charge in [0.25, 0.3) is 5.69 Å². The molecular weight excluding hydrogens is 252 g/mol. The highest BCUT2D eigenvalue weighted by Crippen LogP contribution is 2.23. The van der Waals surface area contributed by atoms with E-state index in [1.54, 1.807) is 16.8 Å². The number of hydrogen-bond donors (Lipinski definition) is 2. The predicted molar refractivity (Wildman–Crippen MR) is 68.6 cm³/mol. The first kappa shape index (κ1) is 13.0. The highest BCUT2D eigenvalue weighted by Gasteiger charge is 2.24.